The Kier molecular flexibility index (Phi) is 3.30. The van der Waals surface area contributed by atoms with Crippen molar-refractivity contribution >= 4 is 0 Å². The molecule has 2 rings (SSSR count). The number of aryl methyl sites for hydroxylation is 1. The van der Waals surface area contributed by atoms with E-state index in [1.165, 1.54) is 0 Å². The largest absolute Gasteiger partial charge is 0.360 e. The number of nitrogens with zero attached hydrogens (tertiary/aromatic N) is 2. The van der Waals surface area contributed by atoms with E-state index in [1.807, 2.05) is 13.0 Å². The molecule has 3 atom stereocenters. The number of likely N-dealkylation sites (tertiary alicyclic amines) is 1. The highest BCUT2D eigenvalue weighted by molar-refractivity contribution is 5.03. The van der Waals surface area contributed by atoms with Crippen LogP contribution < -0.4 is 5.73 Å². The molecule has 4 nitrogen and oxygen atoms in total. The zero-order valence-electron chi connectivity index (χ0n) is 10.3. The molecule has 1 saturated heterocycles. The molecule has 2 N–H and O–H groups in total. The fourth-order valence-corrected chi connectivity index (χ4v) is 2.39. The predicted molar refractivity (Wildman–Crippen MR) is 62.9 cm³/mol. The van der Waals surface area contributed by atoms with E-state index in [1.54, 1.807) is 0 Å². The van der Waals surface area contributed by atoms with E-state index >= 15 is 0 Å². The van der Waals surface area contributed by atoms with Gasteiger partial charge >= 0.3 is 0 Å². The normalized spacial score (nSPS) is 31.9. The van der Waals surface area contributed by atoms with Gasteiger partial charge in [-0.2, -0.15) is 0 Å². The molecule has 0 amide bonds. The van der Waals surface area contributed by atoms with Crippen LogP contribution in [-0.2, 0) is 6.54 Å². The molecule has 1 aromatic heterocycles. The van der Waals surface area contributed by atoms with Gasteiger partial charge < -0.3 is 10.3 Å². The third kappa shape index (κ3) is 2.28. The quantitative estimate of drug-likeness (QED) is 0.826. The van der Waals surface area contributed by atoms with Crippen molar-refractivity contribution in [2.45, 2.75) is 45.8 Å². The molecule has 4 heteroatoms. The van der Waals surface area contributed by atoms with Crippen LogP contribution in [0.15, 0.2) is 10.6 Å². The van der Waals surface area contributed by atoms with Crippen molar-refractivity contribution in [3.8, 4) is 0 Å². The Morgan fingerprint density at radius 2 is 2.31 bits per heavy atom. The van der Waals surface area contributed by atoms with Gasteiger partial charge in [-0.15, -0.1) is 0 Å². The van der Waals surface area contributed by atoms with Crippen LogP contribution in [0, 0.1) is 12.8 Å². The zero-order chi connectivity index (χ0) is 11.7. The second-order valence-electron chi connectivity index (χ2n) is 4.96. The van der Waals surface area contributed by atoms with Crippen molar-refractivity contribution in [2.24, 2.45) is 11.7 Å². The fraction of sp³-hybridized carbons (Fsp3) is 0.750. The maximum Gasteiger partial charge on any atom is 0.150 e. The molecular weight excluding hydrogens is 202 g/mol. The summed E-state index contributed by atoms with van der Waals surface area (Å²) in [4.78, 5) is 2.42. The minimum Gasteiger partial charge on any atom is -0.360 e. The Morgan fingerprint density at radius 1 is 1.56 bits per heavy atom. The number of piperidine rings is 1. The van der Waals surface area contributed by atoms with Crippen molar-refractivity contribution in [2.75, 3.05) is 6.54 Å². The van der Waals surface area contributed by atoms with Crippen LogP contribution in [0.5, 0.6) is 0 Å². The van der Waals surface area contributed by atoms with Gasteiger partial charge in [-0.3, -0.25) is 4.90 Å². The van der Waals surface area contributed by atoms with E-state index in [2.05, 4.69) is 23.9 Å². The Balaban J connectivity index is 2.00. The number of aromatic nitrogens is 1. The van der Waals surface area contributed by atoms with Crippen LogP contribution in [0.4, 0.5) is 0 Å². The third-order valence-corrected chi connectivity index (χ3v) is 3.80. The summed E-state index contributed by atoms with van der Waals surface area (Å²) in [5.74, 6) is 1.49. The summed E-state index contributed by atoms with van der Waals surface area (Å²) < 4.78 is 5.25. The number of nitrogens with two attached hydrogens (primary N) is 1. The maximum atomic E-state index is 6.07. The lowest BCUT2D eigenvalue weighted by molar-refractivity contribution is 0.0820. The second-order valence-corrected chi connectivity index (χ2v) is 4.96. The smallest absolute Gasteiger partial charge is 0.150 e. The lowest BCUT2D eigenvalue weighted by atomic mass is 9.87. The first-order chi connectivity index (χ1) is 7.58. The molecule has 0 bridgehead atoms. The molecule has 90 valence electrons. The second kappa shape index (κ2) is 4.55. The van der Waals surface area contributed by atoms with Crippen molar-refractivity contribution in [1.82, 2.24) is 10.1 Å². The van der Waals surface area contributed by atoms with Gasteiger partial charge in [0.15, 0.2) is 5.76 Å². The van der Waals surface area contributed by atoms with Gasteiger partial charge in [0.25, 0.3) is 0 Å². The Morgan fingerprint density at radius 3 is 2.94 bits per heavy atom. The highest BCUT2D eigenvalue weighted by atomic mass is 16.5. The molecule has 3 unspecified atom stereocenters. The van der Waals surface area contributed by atoms with Gasteiger partial charge in [-0.05, 0) is 26.2 Å². The van der Waals surface area contributed by atoms with E-state index in [4.69, 9.17) is 10.3 Å². The van der Waals surface area contributed by atoms with E-state index < -0.39 is 0 Å². The van der Waals surface area contributed by atoms with Crippen LogP contribution in [-0.4, -0.2) is 28.7 Å². The van der Waals surface area contributed by atoms with Crippen molar-refractivity contribution < 1.29 is 4.52 Å². The molecular formula is C12H21N3O. The monoisotopic (exact) mass is 223 g/mol. The highest BCUT2D eigenvalue weighted by Gasteiger charge is 2.30. The third-order valence-electron chi connectivity index (χ3n) is 3.80. The molecule has 0 spiro atoms. The molecule has 1 fully saturated rings. The first kappa shape index (κ1) is 11.6. The molecule has 0 saturated carbocycles. The van der Waals surface area contributed by atoms with Crippen molar-refractivity contribution in [3.63, 3.8) is 0 Å². The average Bonchev–Trinajstić information content (AvgIpc) is 2.65. The SMILES string of the molecule is Cc1cc(CN2CCC(N)C(C)C2C)on1. The molecule has 16 heavy (non-hydrogen) atoms. The lowest BCUT2D eigenvalue weighted by Gasteiger charge is -2.40. The maximum absolute atomic E-state index is 6.07. The van der Waals surface area contributed by atoms with E-state index in [9.17, 15) is 0 Å². The van der Waals surface area contributed by atoms with Crippen molar-refractivity contribution in [3.05, 3.63) is 17.5 Å². The van der Waals surface area contributed by atoms with Crippen LogP contribution in [0.2, 0.25) is 0 Å². The Labute approximate surface area is 96.8 Å². The minimum absolute atomic E-state index is 0.336. The number of rotatable bonds is 2. The summed E-state index contributed by atoms with van der Waals surface area (Å²) in [5, 5.41) is 3.91. The lowest BCUT2D eigenvalue weighted by Crippen LogP contribution is -2.51. The molecule has 0 aliphatic carbocycles. The van der Waals surface area contributed by atoms with Gasteiger partial charge in [0.1, 0.15) is 0 Å². The highest BCUT2D eigenvalue weighted by Crippen LogP contribution is 2.23. The molecule has 1 aliphatic rings. The van der Waals surface area contributed by atoms with E-state index in [0.717, 1.165) is 31.0 Å². The molecule has 0 aromatic carbocycles. The Hall–Kier alpha value is -0.870. The average molecular weight is 223 g/mol. The van der Waals surface area contributed by atoms with E-state index in [-0.39, 0.29) is 0 Å². The van der Waals surface area contributed by atoms with Gasteiger partial charge in [-0.25, -0.2) is 0 Å². The van der Waals surface area contributed by atoms with Crippen LogP contribution in [0.25, 0.3) is 0 Å². The number of hydrogen-bond acceptors (Lipinski definition) is 4. The predicted octanol–water partition coefficient (Wildman–Crippen LogP) is 1.54. The zero-order valence-corrected chi connectivity index (χ0v) is 10.3. The topological polar surface area (TPSA) is 55.3 Å². The summed E-state index contributed by atoms with van der Waals surface area (Å²) in [6.45, 7) is 8.32. The van der Waals surface area contributed by atoms with Crippen LogP contribution in [0.3, 0.4) is 0 Å². The minimum atomic E-state index is 0.336. The van der Waals surface area contributed by atoms with Crippen molar-refractivity contribution in [1.29, 1.82) is 0 Å². The first-order valence-corrected chi connectivity index (χ1v) is 5.99. The van der Waals surface area contributed by atoms with Gasteiger partial charge in [-0.1, -0.05) is 12.1 Å². The number of hydrogen-bond donors (Lipinski definition) is 1. The fourth-order valence-electron chi connectivity index (χ4n) is 2.39. The Bertz CT molecular complexity index is 350. The summed E-state index contributed by atoms with van der Waals surface area (Å²) in [5.41, 5.74) is 7.01. The first-order valence-electron chi connectivity index (χ1n) is 5.99. The molecule has 0 radical (unpaired) electrons. The van der Waals surface area contributed by atoms with Gasteiger partial charge in [0.05, 0.1) is 12.2 Å². The molecule has 1 aromatic rings. The summed E-state index contributed by atoms with van der Waals surface area (Å²) in [7, 11) is 0. The summed E-state index contributed by atoms with van der Waals surface area (Å²) in [6.07, 6.45) is 1.07. The molecule has 1 aliphatic heterocycles. The van der Waals surface area contributed by atoms with E-state index in [0.29, 0.717) is 18.0 Å². The molecule has 2 heterocycles. The summed E-state index contributed by atoms with van der Waals surface area (Å²) >= 11 is 0. The standard InChI is InChI=1S/C12H21N3O/c1-8-6-11(16-14-8)7-15-5-4-12(13)9(2)10(15)3/h6,9-10,12H,4-5,7,13H2,1-3H3. The van der Waals surface area contributed by atoms with Crippen LogP contribution in [0.1, 0.15) is 31.7 Å². The van der Waals surface area contributed by atoms with Gasteiger partial charge in [0, 0.05) is 24.7 Å². The van der Waals surface area contributed by atoms with Crippen LogP contribution >= 0.6 is 0 Å². The van der Waals surface area contributed by atoms with Gasteiger partial charge in [0.2, 0.25) is 0 Å². The summed E-state index contributed by atoms with van der Waals surface area (Å²) in [6, 6.07) is 2.85.